The SMILES string of the molecule is CCCCCCOc1ccc(C2C(C(=O)Nc3cccc(C)c3C)C(=O)CC(C)(O)C2C(=O)Nc2cccc(C)c2C)cc1. The van der Waals surface area contributed by atoms with Crippen molar-refractivity contribution in [3.05, 3.63) is 88.5 Å². The highest BCUT2D eigenvalue weighted by atomic mass is 16.5. The Kier molecular flexibility index (Phi) is 10.6. The summed E-state index contributed by atoms with van der Waals surface area (Å²) in [5, 5.41) is 17.7. The Morgan fingerprint density at radius 1 is 0.841 bits per heavy atom. The minimum atomic E-state index is -1.69. The van der Waals surface area contributed by atoms with E-state index in [-0.39, 0.29) is 6.42 Å². The Bertz CT molecular complexity index is 1490. The second kappa shape index (κ2) is 14.2. The molecule has 3 aromatic rings. The number of ether oxygens (including phenoxy) is 1. The summed E-state index contributed by atoms with van der Waals surface area (Å²) < 4.78 is 5.94. The molecule has 7 nitrogen and oxygen atoms in total. The zero-order valence-electron chi connectivity index (χ0n) is 26.8. The molecule has 1 fully saturated rings. The first-order valence-corrected chi connectivity index (χ1v) is 15.7. The van der Waals surface area contributed by atoms with Crippen LogP contribution in [-0.2, 0) is 14.4 Å². The molecule has 44 heavy (non-hydrogen) atoms. The summed E-state index contributed by atoms with van der Waals surface area (Å²) in [6, 6.07) is 18.5. The number of ketones is 1. The van der Waals surface area contributed by atoms with Crippen LogP contribution >= 0.6 is 0 Å². The zero-order chi connectivity index (χ0) is 32.0. The molecule has 7 heteroatoms. The maximum Gasteiger partial charge on any atom is 0.235 e. The van der Waals surface area contributed by atoms with Gasteiger partial charge in [-0.15, -0.1) is 0 Å². The topological polar surface area (TPSA) is 105 Å². The van der Waals surface area contributed by atoms with Crippen molar-refractivity contribution in [3.63, 3.8) is 0 Å². The standard InChI is InChI=1S/C37H46N2O5/c1-7-8-9-10-21-44-28-19-17-27(18-20-28)32-33(35(41)38-29-15-11-13-23(2)25(29)4)31(40)22-37(6,43)34(32)36(42)39-30-16-12-14-24(3)26(30)5/h11-20,32-34,43H,7-10,21-22H2,1-6H3,(H,38,41)(H,39,42). The van der Waals surface area contributed by atoms with Crippen LogP contribution in [0.15, 0.2) is 60.7 Å². The van der Waals surface area contributed by atoms with Crippen molar-refractivity contribution in [2.45, 2.75) is 85.2 Å². The summed E-state index contributed by atoms with van der Waals surface area (Å²) in [5.41, 5.74) is 4.00. The molecular weight excluding hydrogens is 552 g/mol. The quantitative estimate of drug-likeness (QED) is 0.160. The molecule has 0 heterocycles. The van der Waals surface area contributed by atoms with Crippen molar-refractivity contribution in [2.75, 3.05) is 17.2 Å². The number of amides is 2. The van der Waals surface area contributed by atoms with Gasteiger partial charge in [-0.1, -0.05) is 62.6 Å². The van der Waals surface area contributed by atoms with Crippen LogP contribution in [0.5, 0.6) is 5.75 Å². The van der Waals surface area contributed by atoms with Gasteiger partial charge in [0.2, 0.25) is 11.8 Å². The van der Waals surface area contributed by atoms with Crippen molar-refractivity contribution < 1.29 is 24.2 Å². The molecule has 3 N–H and O–H groups in total. The van der Waals surface area contributed by atoms with Gasteiger partial charge >= 0.3 is 0 Å². The van der Waals surface area contributed by atoms with E-state index in [4.69, 9.17) is 4.74 Å². The van der Waals surface area contributed by atoms with Crippen molar-refractivity contribution >= 4 is 29.0 Å². The number of carbonyl (C=O) groups excluding carboxylic acids is 3. The summed E-state index contributed by atoms with van der Waals surface area (Å²) in [6.45, 7) is 12.0. The van der Waals surface area contributed by atoms with Crippen LogP contribution < -0.4 is 15.4 Å². The van der Waals surface area contributed by atoms with Crippen LogP contribution in [0.3, 0.4) is 0 Å². The molecular formula is C37H46N2O5. The number of unbranched alkanes of at least 4 members (excludes halogenated alkanes) is 3. The lowest BCUT2D eigenvalue weighted by molar-refractivity contribution is -0.150. The maximum atomic E-state index is 14.1. The Labute approximate surface area is 261 Å². The highest BCUT2D eigenvalue weighted by molar-refractivity contribution is 6.10. The largest absolute Gasteiger partial charge is 0.494 e. The van der Waals surface area contributed by atoms with Gasteiger partial charge in [0, 0.05) is 23.7 Å². The van der Waals surface area contributed by atoms with E-state index in [9.17, 15) is 19.5 Å². The van der Waals surface area contributed by atoms with Crippen LogP contribution in [0, 0.1) is 39.5 Å². The molecule has 1 saturated carbocycles. The van der Waals surface area contributed by atoms with E-state index >= 15 is 0 Å². The predicted octanol–water partition coefficient (Wildman–Crippen LogP) is 7.20. The molecule has 4 atom stereocenters. The highest BCUT2D eigenvalue weighted by Crippen LogP contribution is 2.47. The molecule has 3 aromatic carbocycles. The van der Waals surface area contributed by atoms with Gasteiger partial charge in [-0.25, -0.2) is 0 Å². The highest BCUT2D eigenvalue weighted by Gasteiger charge is 2.56. The Morgan fingerprint density at radius 3 is 1.98 bits per heavy atom. The molecule has 1 aliphatic carbocycles. The number of aliphatic hydroxyl groups is 1. The minimum absolute atomic E-state index is 0.321. The van der Waals surface area contributed by atoms with Crippen LogP contribution in [-0.4, -0.2) is 34.9 Å². The molecule has 1 aliphatic rings. The summed E-state index contributed by atoms with van der Waals surface area (Å²) in [5.74, 6) is -3.87. The molecule has 4 rings (SSSR count). The fourth-order valence-corrected chi connectivity index (χ4v) is 6.19. The zero-order valence-corrected chi connectivity index (χ0v) is 26.8. The van der Waals surface area contributed by atoms with E-state index in [0.717, 1.165) is 47.9 Å². The predicted molar refractivity (Wildman–Crippen MR) is 175 cm³/mol. The summed E-state index contributed by atoms with van der Waals surface area (Å²) in [4.78, 5) is 41.8. The van der Waals surface area contributed by atoms with Gasteiger partial charge in [0.25, 0.3) is 0 Å². The molecule has 0 saturated heterocycles. The fourth-order valence-electron chi connectivity index (χ4n) is 6.19. The van der Waals surface area contributed by atoms with Gasteiger partial charge in [0.1, 0.15) is 17.5 Å². The number of benzene rings is 3. The number of Topliss-reactive ketones (excluding diaryl/α,β-unsaturated/α-hetero) is 1. The number of hydrogen-bond donors (Lipinski definition) is 3. The second-order valence-corrected chi connectivity index (χ2v) is 12.4. The van der Waals surface area contributed by atoms with E-state index in [1.54, 1.807) is 18.2 Å². The lowest BCUT2D eigenvalue weighted by atomic mass is 9.61. The van der Waals surface area contributed by atoms with E-state index in [1.807, 2.05) is 70.2 Å². The molecule has 234 valence electrons. The van der Waals surface area contributed by atoms with Gasteiger partial charge in [-0.3, -0.25) is 14.4 Å². The number of aryl methyl sites for hydroxylation is 2. The molecule has 0 aromatic heterocycles. The third kappa shape index (κ3) is 7.39. The smallest absolute Gasteiger partial charge is 0.235 e. The summed E-state index contributed by atoms with van der Waals surface area (Å²) in [7, 11) is 0. The Balaban J connectivity index is 1.72. The first kappa shape index (κ1) is 32.9. The van der Waals surface area contributed by atoms with Crippen molar-refractivity contribution in [1.29, 1.82) is 0 Å². The second-order valence-electron chi connectivity index (χ2n) is 12.4. The van der Waals surface area contributed by atoms with Gasteiger partial charge in [-0.2, -0.15) is 0 Å². The van der Waals surface area contributed by atoms with Gasteiger partial charge < -0.3 is 20.5 Å². The molecule has 0 radical (unpaired) electrons. The lowest BCUT2D eigenvalue weighted by Crippen LogP contribution is -2.56. The monoisotopic (exact) mass is 598 g/mol. The van der Waals surface area contributed by atoms with Crippen molar-refractivity contribution in [3.8, 4) is 5.75 Å². The minimum Gasteiger partial charge on any atom is -0.494 e. The average Bonchev–Trinajstić information content (AvgIpc) is 2.97. The number of anilines is 2. The number of hydrogen-bond acceptors (Lipinski definition) is 5. The van der Waals surface area contributed by atoms with Crippen LogP contribution in [0.25, 0.3) is 0 Å². The third-order valence-electron chi connectivity index (χ3n) is 9.09. The molecule has 2 amide bonds. The number of carbonyl (C=O) groups is 3. The number of nitrogens with one attached hydrogen (secondary N) is 2. The Hall–Kier alpha value is -3.97. The average molecular weight is 599 g/mol. The fraction of sp³-hybridized carbons (Fsp3) is 0.432. The van der Waals surface area contributed by atoms with E-state index in [0.29, 0.717) is 29.3 Å². The third-order valence-corrected chi connectivity index (χ3v) is 9.09. The maximum absolute atomic E-state index is 14.1. The molecule has 0 bridgehead atoms. The van der Waals surface area contributed by atoms with Gasteiger partial charge in [-0.05, 0) is 93.1 Å². The van der Waals surface area contributed by atoms with Gasteiger partial charge in [0.15, 0.2) is 0 Å². The lowest BCUT2D eigenvalue weighted by Gasteiger charge is -2.44. The molecule has 4 unspecified atom stereocenters. The van der Waals surface area contributed by atoms with E-state index in [1.165, 1.54) is 6.92 Å². The van der Waals surface area contributed by atoms with Crippen LogP contribution in [0.4, 0.5) is 11.4 Å². The van der Waals surface area contributed by atoms with Crippen LogP contribution in [0.2, 0.25) is 0 Å². The first-order chi connectivity index (χ1) is 20.9. The van der Waals surface area contributed by atoms with Crippen molar-refractivity contribution in [2.24, 2.45) is 11.8 Å². The number of rotatable bonds is 11. The first-order valence-electron chi connectivity index (χ1n) is 15.7. The normalized spacial score (nSPS) is 21.5. The van der Waals surface area contributed by atoms with Gasteiger partial charge in [0.05, 0.1) is 18.1 Å². The van der Waals surface area contributed by atoms with E-state index < -0.39 is 41.0 Å². The Morgan fingerprint density at radius 2 is 1.41 bits per heavy atom. The molecule has 0 aliphatic heterocycles. The molecule has 0 spiro atoms. The van der Waals surface area contributed by atoms with Crippen molar-refractivity contribution in [1.82, 2.24) is 0 Å². The van der Waals surface area contributed by atoms with Crippen LogP contribution in [0.1, 0.15) is 79.7 Å². The summed E-state index contributed by atoms with van der Waals surface area (Å²) in [6.07, 6.45) is 4.04. The summed E-state index contributed by atoms with van der Waals surface area (Å²) >= 11 is 0. The van der Waals surface area contributed by atoms with E-state index in [2.05, 4.69) is 17.6 Å².